The minimum atomic E-state index is -0.590. The lowest BCUT2D eigenvalue weighted by molar-refractivity contribution is -0.100. The van der Waals surface area contributed by atoms with Crippen molar-refractivity contribution in [3.8, 4) is 0 Å². The summed E-state index contributed by atoms with van der Waals surface area (Å²) < 4.78 is 5.59. The van der Waals surface area contributed by atoms with Gasteiger partial charge in [-0.25, -0.2) is 0 Å². The van der Waals surface area contributed by atoms with Gasteiger partial charge in [0.25, 0.3) is 0 Å². The number of methoxy groups -OCH3 is 1. The van der Waals surface area contributed by atoms with Gasteiger partial charge in [-0.15, -0.1) is 0 Å². The van der Waals surface area contributed by atoms with Gasteiger partial charge in [0.15, 0.2) is 0 Å². The maximum Gasteiger partial charge on any atom is 0.108 e. The molecule has 1 aromatic rings. The maximum atomic E-state index is 10.5. The number of hydrogen-bond donors (Lipinski definition) is 1. The van der Waals surface area contributed by atoms with Crippen molar-refractivity contribution in [1.29, 1.82) is 0 Å². The van der Waals surface area contributed by atoms with E-state index >= 15 is 0 Å². The van der Waals surface area contributed by atoms with Crippen molar-refractivity contribution in [2.75, 3.05) is 7.11 Å². The molecule has 2 rings (SSSR count). The van der Waals surface area contributed by atoms with Crippen LogP contribution in [0.5, 0.6) is 0 Å². The third-order valence-electron chi connectivity index (χ3n) is 3.87. The molecule has 1 fully saturated rings. The first-order valence-corrected chi connectivity index (χ1v) is 6.46. The first-order valence-electron chi connectivity index (χ1n) is 6.08. The number of aryl methyl sites for hydroxylation is 1. The average Bonchev–Trinajstić information content (AvgIpc) is 2.81. The fraction of sp³-hybridized carbons (Fsp3) is 0.571. The lowest BCUT2D eigenvalue weighted by Gasteiger charge is -2.33. The number of ether oxygens (including phenoxy) is 1. The Bertz CT molecular complexity index is 397. The van der Waals surface area contributed by atoms with Gasteiger partial charge in [0.1, 0.15) is 6.10 Å². The zero-order valence-corrected chi connectivity index (χ0v) is 11.1. The smallest absolute Gasteiger partial charge is 0.108 e. The fourth-order valence-electron chi connectivity index (χ4n) is 2.65. The van der Waals surface area contributed by atoms with Crippen LogP contribution in [-0.2, 0) is 4.74 Å². The topological polar surface area (TPSA) is 29.5 Å². The summed E-state index contributed by atoms with van der Waals surface area (Å²) in [7, 11) is 1.68. The minimum Gasteiger partial charge on any atom is -0.385 e. The quantitative estimate of drug-likeness (QED) is 0.892. The minimum absolute atomic E-state index is 0.418. The zero-order valence-electron chi connectivity index (χ0n) is 10.4. The van der Waals surface area contributed by atoms with Crippen LogP contribution < -0.4 is 0 Å². The van der Waals surface area contributed by atoms with Crippen molar-refractivity contribution >= 4 is 11.6 Å². The normalized spacial score (nSPS) is 20.5. The molecule has 0 amide bonds. The Kier molecular flexibility index (Phi) is 3.76. The molecule has 0 saturated heterocycles. The first-order chi connectivity index (χ1) is 8.09. The summed E-state index contributed by atoms with van der Waals surface area (Å²) >= 11 is 6.10. The van der Waals surface area contributed by atoms with Crippen molar-refractivity contribution in [2.24, 2.45) is 0 Å². The van der Waals surface area contributed by atoms with Crippen LogP contribution in [0.1, 0.15) is 42.9 Å². The molecule has 94 valence electrons. The second-order valence-electron chi connectivity index (χ2n) is 4.89. The Balaban J connectivity index is 2.29. The molecule has 1 aromatic carbocycles. The zero-order chi connectivity index (χ0) is 12.5. The highest BCUT2D eigenvalue weighted by atomic mass is 35.5. The predicted molar refractivity (Wildman–Crippen MR) is 69.4 cm³/mol. The van der Waals surface area contributed by atoms with E-state index in [-0.39, 0.29) is 0 Å². The number of hydrogen-bond acceptors (Lipinski definition) is 2. The Morgan fingerprint density at radius 1 is 1.35 bits per heavy atom. The van der Waals surface area contributed by atoms with E-state index in [2.05, 4.69) is 0 Å². The standard InChI is InChI=1S/C14H19ClO2/c1-10-5-6-11(9-12(10)15)13(16)14(17-2)7-3-4-8-14/h5-6,9,13,16H,3-4,7-8H2,1-2H3. The van der Waals surface area contributed by atoms with Crippen LogP contribution in [0.4, 0.5) is 0 Å². The second-order valence-corrected chi connectivity index (χ2v) is 5.29. The molecule has 1 aliphatic rings. The monoisotopic (exact) mass is 254 g/mol. The van der Waals surface area contributed by atoms with Gasteiger partial charge in [0, 0.05) is 12.1 Å². The van der Waals surface area contributed by atoms with Gasteiger partial charge in [0.05, 0.1) is 5.60 Å². The van der Waals surface area contributed by atoms with Gasteiger partial charge in [-0.1, -0.05) is 36.6 Å². The summed E-state index contributed by atoms with van der Waals surface area (Å²) in [4.78, 5) is 0. The number of rotatable bonds is 3. The van der Waals surface area contributed by atoms with Crippen molar-refractivity contribution < 1.29 is 9.84 Å². The molecule has 1 aliphatic carbocycles. The molecule has 0 aliphatic heterocycles. The molecule has 17 heavy (non-hydrogen) atoms. The number of aliphatic hydroxyl groups is 1. The van der Waals surface area contributed by atoms with Crippen molar-refractivity contribution in [3.63, 3.8) is 0 Å². The highest BCUT2D eigenvalue weighted by molar-refractivity contribution is 6.31. The fourth-order valence-corrected chi connectivity index (χ4v) is 2.83. The lowest BCUT2D eigenvalue weighted by Crippen LogP contribution is -2.35. The molecule has 0 bridgehead atoms. The lowest BCUT2D eigenvalue weighted by atomic mass is 9.89. The van der Waals surface area contributed by atoms with E-state index in [0.29, 0.717) is 5.02 Å². The van der Waals surface area contributed by atoms with Gasteiger partial charge in [-0.2, -0.15) is 0 Å². The molecule has 1 unspecified atom stereocenters. The van der Waals surface area contributed by atoms with Crippen molar-refractivity contribution in [1.82, 2.24) is 0 Å². The van der Waals surface area contributed by atoms with Gasteiger partial charge >= 0.3 is 0 Å². The summed E-state index contributed by atoms with van der Waals surface area (Å²) in [6, 6.07) is 5.73. The summed E-state index contributed by atoms with van der Waals surface area (Å²) in [6.45, 7) is 1.96. The largest absolute Gasteiger partial charge is 0.385 e. The Morgan fingerprint density at radius 3 is 2.53 bits per heavy atom. The van der Waals surface area contributed by atoms with Gasteiger partial charge in [-0.3, -0.25) is 0 Å². The number of benzene rings is 1. The molecular formula is C14H19ClO2. The Hall–Kier alpha value is -0.570. The van der Waals surface area contributed by atoms with E-state index < -0.39 is 11.7 Å². The summed E-state index contributed by atoms with van der Waals surface area (Å²) in [5.41, 5.74) is 1.46. The highest BCUT2D eigenvalue weighted by Crippen LogP contribution is 2.42. The molecule has 0 aromatic heterocycles. The van der Waals surface area contributed by atoms with Crippen LogP contribution in [0.25, 0.3) is 0 Å². The van der Waals surface area contributed by atoms with E-state index in [0.717, 1.165) is 36.8 Å². The van der Waals surface area contributed by atoms with Crippen LogP contribution in [0.3, 0.4) is 0 Å². The van der Waals surface area contributed by atoms with Crippen molar-refractivity contribution in [2.45, 2.75) is 44.3 Å². The molecule has 3 heteroatoms. The molecule has 1 saturated carbocycles. The average molecular weight is 255 g/mol. The second kappa shape index (κ2) is 4.97. The van der Waals surface area contributed by atoms with Crippen LogP contribution in [-0.4, -0.2) is 17.8 Å². The van der Waals surface area contributed by atoms with Crippen LogP contribution in [0, 0.1) is 6.92 Å². The summed E-state index contributed by atoms with van der Waals surface area (Å²) in [5, 5.41) is 11.2. The number of aliphatic hydroxyl groups excluding tert-OH is 1. The van der Waals surface area contributed by atoms with Crippen LogP contribution >= 0.6 is 11.6 Å². The summed E-state index contributed by atoms with van der Waals surface area (Å²) in [5.74, 6) is 0. The molecule has 0 radical (unpaired) electrons. The highest BCUT2D eigenvalue weighted by Gasteiger charge is 2.41. The predicted octanol–water partition coefficient (Wildman–Crippen LogP) is 3.64. The van der Waals surface area contributed by atoms with Gasteiger partial charge in [0.2, 0.25) is 0 Å². The van der Waals surface area contributed by atoms with Gasteiger partial charge < -0.3 is 9.84 Å². The van der Waals surface area contributed by atoms with E-state index in [1.807, 2.05) is 25.1 Å². The molecule has 1 atom stereocenters. The van der Waals surface area contributed by atoms with Crippen LogP contribution in [0.15, 0.2) is 18.2 Å². The Labute approximate surface area is 108 Å². The molecule has 0 heterocycles. The third-order valence-corrected chi connectivity index (χ3v) is 4.27. The van der Waals surface area contributed by atoms with E-state index in [1.165, 1.54) is 0 Å². The molecule has 0 spiro atoms. The summed E-state index contributed by atoms with van der Waals surface area (Å²) in [6.07, 6.45) is 3.47. The number of halogens is 1. The van der Waals surface area contributed by atoms with E-state index in [4.69, 9.17) is 16.3 Å². The molecule has 2 nitrogen and oxygen atoms in total. The molecular weight excluding hydrogens is 236 g/mol. The van der Waals surface area contributed by atoms with E-state index in [1.54, 1.807) is 7.11 Å². The van der Waals surface area contributed by atoms with Gasteiger partial charge in [-0.05, 0) is 37.0 Å². The van der Waals surface area contributed by atoms with Crippen LogP contribution in [0.2, 0.25) is 5.02 Å². The maximum absolute atomic E-state index is 10.5. The third kappa shape index (κ3) is 2.35. The Morgan fingerprint density at radius 2 is 2.00 bits per heavy atom. The molecule has 1 N–H and O–H groups in total. The first kappa shape index (κ1) is 12.9. The SMILES string of the molecule is COC1(C(O)c2ccc(C)c(Cl)c2)CCCC1. The van der Waals surface area contributed by atoms with E-state index in [9.17, 15) is 5.11 Å². The van der Waals surface area contributed by atoms with Crippen molar-refractivity contribution in [3.05, 3.63) is 34.3 Å².